The summed E-state index contributed by atoms with van der Waals surface area (Å²) >= 11 is 0. The Morgan fingerprint density at radius 3 is 2.20 bits per heavy atom. The van der Waals surface area contributed by atoms with Crippen molar-refractivity contribution < 1.29 is 14.7 Å². The van der Waals surface area contributed by atoms with Crippen molar-refractivity contribution in [3.05, 3.63) is 71.3 Å². The maximum atomic E-state index is 12.5. The molecule has 3 rings (SSSR count). The standard InChI is InChI=1S/C19H21N3O3/c1-21(19(24)25)17(14-7-3-2-4-8-14)11-20-18(23)22-12-15-9-5-6-10-16(15)13-22/h2-10,17H,11-13H2,1H3,(H,20,23)(H,24,25). The quantitative estimate of drug-likeness (QED) is 0.899. The second-order valence-corrected chi connectivity index (χ2v) is 6.13. The first-order valence-electron chi connectivity index (χ1n) is 8.16. The lowest BCUT2D eigenvalue weighted by molar-refractivity contribution is 0.136. The molecule has 0 radical (unpaired) electrons. The van der Waals surface area contributed by atoms with Crippen LogP contribution < -0.4 is 5.32 Å². The molecular weight excluding hydrogens is 318 g/mol. The van der Waals surface area contributed by atoms with Crippen LogP contribution in [0.15, 0.2) is 54.6 Å². The second-order valence-electron chi connectivity index (χ2n) is 6.13. The summed E-state index contributed by atoms with van der Waals surface area (Å²) in [6.45, 7) is 1.37. The molecule has 2 N–H and O–H groups in total. The number of rotatable bonds is 4. The van der Waals surface area contributed by atoms with Gasteiger partial charge in [0.25, 0.3) is 0 Å². The lowest BCUT2D eigenvalue weighted by atomic mass is 10.1. The lowest BCUT2D eigenvalue weighted by Gasteiger charge is -2.27. The van der Waals surface area contributed by atoms with Gasteiger partial charge in [-0.25, -0.2) is 9.59 Å². The van der Waals surface area contributed by atoms with Gasteiger partial charge < -0.3 is 20.2 Å². The molecule has 6 heteroatoms. The topological polar surface area (TPSA) is 72.9 Å². The highest BCUT2D eigenvalue weighted by molar-refractivity contribution is 5.75. The van der Waals surface area contributed by atoms with Crippen molar-refractivity contribution in [2.45, 2.75) is 19.1 Å². The molecule has 0 saturated heterocycles. The Bertz CT molecular complexity index is 739. The Hall–Kier alpha value is -3.02. The number of hydrogen-bond donors (Lipinski definition) is 2. The third-order valence-electron chi connectivity index (χ3n) is 4.53. The molecule has 0 saturated carbocycles. The fraction of sp³-hybridized carbons (Fsp3) is 0.263. The van der Waals surface area contributed by atoms with Gasteiger partial charge in [-0.05, 0) is 16.7 Å². The number of urea groups is 1. The lowest BCUT2D eigenvalue weighted by Crippen LogP contribution is -2.42. The largest absolute Gasteiger partial charge is 0.465 e. The molecule has 1 aliphatic heterocycles. The van der Waals surface area contributed by atoms with Crippen molar-refractivity contribution in [1.29, 1.82) is 0 Å². The average molecular weight is 339 g/mol. The van der Waals surface area contributed by atoms with E-state index in [1.165, 1.54) is 11.9 Å². The van der Waals surface area contributed by atoms with Crippen molar-refractivity contribution in [3.8, 4) is 0 Å². The van der Waals surface area contributed by atoms with Crippen LogP contribution in [0.25, 0.3) is 0 Å². The fourth-order valence-corrected chi connectivity index (χ4v) is 3.06. The summed E-state index contributed by atoms with van der Waals surface area (Å²) in [7, 11) is 1.51. The van der Waals surface area contributed by atoms with Crippen LogP contribution in [0.5, 0.6) is 0 Å². The number of carbonyl (C=O) groups excluding carboxylic acids is 1. The van der Waals surface area contributed by atoms with Crippen LogP contribution in [0.2, 0.25) is 0 Å². The summed E-state index contributed by atoms with van der Waals surface area (Å²) in [5.74, 6) is 0. The minimum Gasteiger partial charge on any atom is -0.465 e. The number of fused-ring (bicyclic) bond motifs is 1. The molecule has 2 aromatic carbocycles. The number of nitrogens with zero attached hydrogens (tertiary/aromatic N) is 2. The molecule has 1 heterocycles. The van der Waals surface area contributed by atoms with Gasteiger partial charge in [0.05, 0.1) is 6.04 Å². The van der Waals surface area contributed by atoms with Crippen molar-refractivity contribution >= 4 is 12.1 Å². The predicted octanol–water partition coefficient (Wildman–Crippen LogP) is 3.06. The number of carbonyl (C=O) groups is 2. The van der Waals surface area contributed by atoms with Crippen molar-refractivity contribution in [2.75, 3.05) is 13.6 Å². The molecule has 6 nitrogen and oxygen atoms in total. The molecule has 2 aromatic rings. The third-order valence-corrected chi connectivity index (χ3v) is 4.53. The van der Waals surface area contributed by atoms with E-state index in [2.05, 4.69) is 5.32 Å². The van der Waals surface area contributed by atoms with E-state index in [1.807, 2.05) is 54.6 Å². The zero-order chi connectivity index (χ0) is 17.8. The van der Waals surface area contributed by atoms with Gasteiger partial charge in [0.15, 0.2) is 0 Å². The minimum absolute atomic E-state index is 0.184. The maximum Gasteiger partial charge on any atom is 0.407 e. The summed E-state index contributed by atoms with van der Waals surface area (Å²) < 4.78 is 0. The summed E-state index contributed by atoms with van der Waals surface area (Å²) in [4.78, 5) is 26.8. The molecular formula is C19H21N3O3. The number of nitrogens with one attached hydrogen (secondary N) is 1. The number of carboxylic acid groups (broad SMARTS) is 1. The number of amides is 3. The Labute approximate surface area is 146 Å². The van der Waals surface area contributed by atoms with E-state index in [0.717, 1.165) is 16.7 Å². The SMILES string of the molecule is CN(C(=O)O)C(CNC(=O)N1Cc2ccccc2C1)c1ccccc1. The Morgan fingerprint density at radius 2 is 1.64 bits per heavy atom. The predicted molar refractivity (Wildman–Crippen MR) is 94.1 cm³/mol. The van der Waals surface area contributed by atoms with Crippen molar-refractivity contribution in [2.24, 2.45) is 0 Å². The molecule has 0 fully saturated rings. The first-order chi connectivity index (χ1) is 12.1. The summed E-state index contributed by atoms with van der Waals surface area (Å²) in [6, 6.07) is 16.7. The zero-order valence-electron chi connectivity index (χ0n) is 14.1. The van der Waals surface area contributed by atoms with E-state index >= 15 is 0 Å². The van der Waals surface area contributed by atoms with E-state index in [0.29, 0.717) is 13.1 Å². The molecule has 0 spiro atoms. The van der Waals surface area contributed by atoms with E-state index in [-0.39, 0.29) is 12.6 Å². The molecule has 0 aliphatic carbocycles. The molecule has 25 heavy (non-hydrogen) atoms. The Morgan fingerprint density at radius 1 is 1.08 bits per heavy atom. The molecule has 1 aliphatic rings. The minimum atomic E-state index is -1.03. The Kier molecular flexibility index (Phi) is 4.88. The zero-order valence-corrected chi connectivity index (χ0v) is 14.1. The average Bonchev–Trinajstić information content (AvgIpc) is 3.06. The number of benzene rings is 2. The van der Waals surface area contributed by atoms with Gasteiger partial charge in [-0.1, -0.05) is 54.6 Å². The fourth-order valence-electron chi connectivity index (χ4n) is 3.06. The van der Waals surface area contributed by atoms with Gasteiger partial charge >= 0.3 is 12.1 Å². The summed E-state index contributed by atoms with van der Waals surface area (Å²) in [5.41, 5.74) is 3.15. The van der Waals surface area contributed by atoms with E-state index in [1.54, 1.807) is 4.90 Å². The van der Waals surface area contributed by atoms with Crippen LogP contribution in [-0.2, 0) is 13.1 Å². The first-order valence-corrected chi connectivity index (χ1v) is 8.16. The van der Waals surface area contributed by atoms with Crippen LogP contribution in [-0.4, -0.2) is 40.6 Å². The second kappa shape index (κ2) is 7.25. The summed E-state index contributed by atoms with van der Waals surface area (Å²) in [5, 5.41) is 12.2. The van der Waals surface area contributed by atoms with E-state index < -0.39 is 12.1 Å². The smallest absolute Gasteiger partial charge is 0.407 e. The Balaban J connectivity index is 1.65. The van der Waals surface area contributed by atoms with Gasteiger partial charge in [0.1, 0.15) is 0 Å². The first kappa shape index (κ1) is 16.8. The van der Waals surface area contributed by atoms with Gasteiger partial charge in [0, 0.05) is 26.7 Å². The van der Waals surface area contributed by atoms with Gasteiger partial charge in [-0.3, -0.25) is 0 Å². The van der Waals surface area contributed by atoms with Crippen LogP contribution in [0, 0.1) is 0 Å². The normalized spacial score (nSPS) is 13.9. The van der Waals surface area contributed by atoms with Gasteiger partial charge in [0.2, 0.25) is 0 Å². The van der Waals surface area contributed by atoms with E-state index in [4.69, 9.17) is 0 Å². The highest BCUT2D eigenvalue weighted by atomic mass is 16.4. The van der Waals surface area contributed by atoms with Crippen molar-refractivity contribution in [3.63, 3.8) is 0 Å². The number of likely N-dealkylation sites (N-methyl/N-ethyl adjacent to an activating group) is 1. The van der Waals surface area contributed by atoms with Crippen LogP contribution in [0.1, 0.15) is 22.7 Å². The molecule has 1 atom stereocenters. The molecule has 1 unspecified atom stereocenters. The maximum absolute atomic E-state index is 12.5. The summed E-state index contributed by atoms with van der Waals surface area (Å²) in [6.07, 6.45) is -1.03. The number of hydrogen-bond acceptors (Lipinski definition) is 2. The third kappa shape index (κ3) is 3.74. The molecule has 0 bridgehead atoms. The van der Waals surface area contributed by atoms with Crippen LogP contribution in [0.4, 0.5) is 9.59 Å². The molecule has 3 amide bonds. The van der Waals surface area contributed by atoms with Crippen molar-refractivity contribution in [1.82, 2.24) is 15.1 Å². The van der Waals surface area contributed by atoms with Crippen LogP contribution >= 0.6 is 0 Å². The monoisotopic (exact) mass is 339 g/mol. The van der Waals surface area contributed by atoms with Crippen LogP contribution in [0.3, 0.4) is 0 Å². The molecule has 130 valence electrons. The van der Waals surface area contributed by atoms with Gasteiger partial charge in [-0.2, -0.15) is 0 Å². The highest BCUT2D eigenvalue weighted by Gasteiger charge is 2.25. The molecule has 0 aromatic heterocycles. The highest BCUT2D eigenvalue weighted by Crippen LogP contribution is 2.23. The van der Waals surface area contributed by atoms with Gasteiger partial charge in [-0.15, -0.1) is 0 Å². The van der Waals surface area contributed by atoms with E-state index in [9.17, 15) is 14.7 Å².